The molecule has 0 spiro atoms. The zero-order valence-electron chi connectivity index (χ0n) is 17.3. The van der Waals surface area contributed by atoms with Gasteiger partial charge in [-0.3, -0.25) is 4.98 Å². The third-order valence-electron chi connectivity index (χ3n) is 5.19. The topological polar surface area (TPSA) is 72.0 Å². The number of anilines is 1. The van der Waals surface area contributed by atoms with E-state index >= 15 is 0 Å². The van der Waals surface area contributed by atoms with Gasteiger partial charge in [0, 0.05) is 44.0 Å². The fourth-order valence-corrected chi connectivity index (χ4v) is 3.58. The number of rotatable bonds is 6. The van der Waals surface area contributed by atoms with Gasteiger partial charge in [0.15, 0.2) is 17.4 Å². The van der Waals surface area contributed by atoms with Crippen molar-refractivity contribution in [3.05, 3.63) is 42.5 Å². The summed E-state index contributed by atoms with van der Waals surface area (Å²) in [6.07, 6.45) is 2.70. The average Bonchev–Trinajstić information content (AvgIpc) is 2.73. The molecule has 164 valence electrons. The van der Waals surface area contributed by atoms with E-state index in [1.54, 1.807) is 18.2 Å². The fraction of sp³-hybridized carbons (Fsp3) is 0.409. The molecule has 0 saturated carbocycles. The number of pyridine rings is 1. The van der Waals surface area contributed by atoms with E-state index in [-0.39, 0.29) is 31.4 Å². The van der Waals surface area contributed by atoms with Crippen LogP contribution in [0.2, 0.25) is 0 Å². The second-order valence-corrected chi connectivity index (χ2v) is 7.88. The second kappa shape index (κ2) is 8.66. The Morgan fingerprint density at radius 2 is 2.03 bits per heavy atom. The maximum Gasteiger partial charge on any atom is 0.255 e. The summed E-state index contributed by atoms with van der Waals surface area (Å²) in [7, 11) is 0. The van der Waals surface area contributed by atoms with Crippen LogP contribution in [0, 0.1) is 11.7 Å². The van der Waals surface area contributed by atoms with Gasteiger partial charge in [-0.25, -0.2) is 23.1 Å². The standard InChI is InChI=1S/C22H24F3N5O/c1-13(2)31-19-4-3-14(9-16(19)23)17-10-18-20(28-8-7-27-18)21(30-17)29-12-15-11-26-6-5-22(15,24)25/h3-4,7-10,13,15,26H,5-6,11-12H2,1-2H3,(H,29,30). The van der Waals surface area contributed by atoms with Gasteiger partial charge in [-0.05, 0) is 38.1 Å². The molecule has 2 aromatic heterocycles. The average molecular weight is 431 g/mol. The Bertz CT molecular complexity index is 1080. The number of benzene rings is 1. The number of nitrogens with one attached hydrogen (secondary N) is 2. The van der Waals surface area contributed by atoms with Gasteiger partial charge < -0.3 is 15.4 Å². The lowest BCUT2D eigenvalue weighted by atomic mass is 9.95. The number of ether oxygens (including phenoxy) is 1. The van der Waals surface area contributed by atoms with Crippen molar-refractivity contribution in [3.8, 4) is 17.0 Å². The molecule has 1 saturated heterocycles. The van der Waals surface area contributed by atoms with E-state index in [1.165, 1.54) is 18.5 Å². The van der Waals surface area contributed by atoms with Gasteiger partial charge in [-0.15, -0.1) is 0 Å². The summed E-state index contributed by atoms with van der Waals surface area (Å²) in [5.74, 6) is -3.64. The van der Waals surface area contributed by atoms with E-state index < -0.39 is 17.7 Å². The number of nitrogens with zero attached hydrogens (tertiary/aromatic N) is 3. The summed E-state index contributed by atoms with van der Waals surface area (Å²) >= 11 is 0. The number of piperidine rings is 1. The molecular formula is C22H24F3N5O. The molecule has 3 aromatic rings. The summed E-state index contributed by atoms with van der Waals surface area (Å²) < 4.78 is 48.4. The molecule has 9 heteroatoms. The highest BCUT2D eigenvalue weighted by Gasteiger charge is 2.41. The Hall–Kier alpha value is -2.94. The molecule has 1 aliphatic heterocycles. The molecular weight excluding hydrogens is 407 g/mol. The minimum absolute atomic E-state index is 0.0255. The molecule has 31 heavy (non-hydrogen) atoms. The molecule has 3 heterocycles. The number of hydrogen-bond donors (Lipinski definition) is 2. The van der Waals surface area contributed by atoms with Crippen molar-refractivity contribution in [1.82, 2.24) is 20.3 Å². The first-order valence-corrected chi connectivity index (χ1v) is 10.2. The highest BCUT2D eigenvalue weighted by molar-refractivity contribution is 5.88. The number of hydrogen-bond acceptors (Lipinski definition) is 6. The third-order valence-corrected chi connectivity index (χ3v) is 5.19. The molecule has 1 atom stereocenters. The van der Waals surface area contributed by atoms with Crippen LogP contribution in [0.4, 0.5) is 19.0 Å². The molecule has 2 N–H and O–H groups in total. The van der Waals surface area contributed by atoms with Gasteiger partial charge in [0.05, 0.1) is 23.2 Å². The van der Waals surface area contributed by atoms with Crippen LogP contribution in [0.15, 0.2) is 36.7 Å². The number of fused-ring (bicyclic) bond motifs is 1. The summed E-state index contributed by atoms with van der Waals surface area (Å²) in [4.78, 5) is 13.2. The van der Waals surface area contributed by atoms with Crippen molar-refractivity contribution in [2.75, 3.05) is 25.0 Å². The monoisotopic (exact) mass is 431 g/mol. The van der Waals surface area contributed by atoms with E-state index in [1.807, 2.05) is 13.8 Å². The van der Waals surface area contributed by atoms with Gasteiger partial charge in [-0.1, -0.05) is 0 Å². The van der Waals surface area contributed by atoms with Gasteiger partial charge in [0.2, 0.25) is 0 Å². The predicted octanol–water partition coefficient (Wildman–Crippen LogP) is 4.27. The molecule has 1 unspecified atom stereocenters. The van der Waals surface area contributed by atoms with Crippen LogP contribution in [0.25, 0.3) is 22.3 Å². The maximum absolute atomic E-state index is 14.5. The summed E-state index contributed by atoms with van der Waals surface area (Å²) in [5.41, 5.74) is 1.98. The van der Waals surface area contributed by atoms with Crippen LogP contribution in [0.1, 0.15) is 20.3 Å². The summed E-state index contributed by atoms with van der Waals surface area (Å²) in [6.45, 7) is 4.18. The number of aromatic nitrogens is 3. The Labute approximate surface area is 178 Å². The summed E-state index contributed by atoms with van der Waals surface area (Å²) in [6, 6.07) is 6.29. The van der Waals surface area contributed by atoms with Crippen LogP contribution in [-0.4, -0.2) is 46.6 Å². The van der Waals surface area contributed by atoms with Crippen molar-refractivity contribution in [3.63, 3.8) is 0 Å². The first-order chi connectivity index (χ1) is 14.8. The minimum atomic E-state index is -2.76. The van der Waals surface area contributed by atoms with Gasteiger partial charge in [0.1, 0.15) is 5.52 Å². The highest BCUT2D eigenvalue weighted by Crippen LogP contribution is 2.32. The Morgan fingerprint density at radius 3 is 2.77 bits per heavy atom. The van der Waals surface area contributed by atoms with Crippen LogP contribution in [0.3, 0.4) is 0 Å². The lowest BCUT2D eigenvalue weighted by Gasteiger charge is -2.32. The SMILES string of the molecule is CC(C)Oc1ccc(-c2cc3nccnc3c(NCC3CNCCC3(F)F)n2)cc1F. The zero-order valence-corrected chi connectivity index (χ0v) is 17.3. The highest BCUT2D eigenvalue weighted by atomic mass is 19.3. The summed E-state index contributed by atoms with van der Waals surface area (Å²) in [5, 5.41) is 6.03. The van der Waals surface area contributed by atoms with Crippen molar-refractivity contribution in [1.29, 1.82) is 0 Å². The smallest absolute Gasteiger partial charge is 0.255 e. The fourth-order valence-electron chi connectivity index (χ4n) is 3.58. The molecule has 0 amide bonds. The minimum Gasteiger partial charge on any atom is -0.488 e. The quantitative estimate of drug-likeness (QED) is 0.607. The number of alkyl halides is 2. The Kier molecular flexibility index (Phi) is 5.95. The first kappa shape index (κ1) is 21.3. The van der Waals surface area contributed by atoms with Crippen molar-refractivity contribution in [2.45, 2.75) is 32.3 Å². The van der Waals surface area contributed by atoms with E-state index in [2.05, 4.69) is 25.6 Å². The number of halogens is 3. The van der Waals surface area contributed by atoms with Crippen molar-refractivity contribution in [2.24, 2.45) is 5.92 Å². The third kappa shape index (κ3) is 4.71. The Balaban J connectivity index is 1.66. The normalized spacial score (nSPS) is 18.3. The Morgan fingerprint density at radius 1 is 1.23 bits per heavy atom. The molecule has 1 aliphatic rings. The molecule has 1 fully saturated rings. The van der Waals surface area contributed by atoms with Crippen molar-refractivity contribution < 1.29 is 17.9 Å². The molecule has 0 bridgehead atoms. The van der Waals surface area contributed by atoms with Crippen LogP contribution in [-0.2, 0) is 0 Å². The van der Waals surface area contributed by atoms with Crippen molar-refractivity contribution >= 4 is 16.9 Å². The second-order valence-electron chi connectivity index (χ2n) is 7.88. The lowest BCUT2D eigenvalue weighted by molar-refractivity contribution is -0.0728. The molecule has 4 rings (SSSR count). The molecule has 1 aromatic carbocycles. The maximum atomic E-state index is 14.5. The zero-order chi connectivity index (χ0) is 22.0. The van der Waals surface area contributed by atoms with E-state index in [0.29, 0.717) is 34.7 Å². The van der Waals surface area contributed by atoms with Gasteiger partial charge in [-0.2, -0.15) is 0 Å². The largest absolute Gasteiger partial charge is 0.488 e. The first-order valence-electron chi connectivity index (χ1n) is 10.2. The molecule has 0 radical (unpaired) electrons. The lowest BCUT2D eigenvalue weighted by Crippen LogP contribution is -2.47. The van der Waals surface area contributed by atoms with Crippen LogP contribution in [0.5, 0.6) is 5.75 Å². The molecule has 0 aliphatic carbocycles. The van der Waals surface area contributed by atoms with E-state index in [9.17, 15) is 13.2 Å². The van der Waals surface area contributed by atoms with Gasteiger partial charge in [0.25, 0.3) is 5.92 Å². The van der Waals surface area contributed by atoms with Gasteiger partial charge >= 0.3 is 0 Å². The molecule has 6 nitrogen and oxygen atoms in total. The predicted molar refractivity (Wildman–Crippen MR) is 113 cm³/mol. The van der Waals surface area contributed by atoms with E-state index in [0.717, 1.165) is 0 Å². The van der Waals surface area contributed by atoms with E-state index in [4.69, 9.17) is 4.74 Å². The van der Waals surface area contributed by atoms with Crippen LogP contribution < -0.4 is 15.4 Å². The van der Waals surface area contributed by atoms with Crippen LogP contribution >= 0.6 is 0 Å².